The Labute approximate surface area is 121 Å². The van der Waals surface area contributed by atoms with Crippen LogP contribution in [0.1, 0.15) is 52.4 Å². The lowest BCUT2D eigenvalue weighted by Gasteiger charge is -2.29. The van der Waals surface area contributed by atoms with Crippen LogP contribution in [-0.4, -0.2) is 36.1 Å². The van der Waals surface area contributed by atoms with Gasteiger partial charge in [-0.05, 0) is 38.6 Å². The fourth-order valence-corrected chi connectivity index (χ4v) is 2.74. The Kier molecular flexibility index (Phi) is 7.59. The summed E-state index contributed by atoms with van der Waals surface area (Å²) >= 11 is 0. The molecule has 3 N–H and O–H groups in total. The van der Waals surface area contributed by atoms with Gasteiger partial charge in [0.05, 0.1) is 12.0 Å². The number of unbranched alkanes of at least 4 members (excludes halogenated alkanes) is 1. The molecular weight excluding hydrogens is 256 g/mol. The molecule has 1 rings (SSSR count). The number of carboxylic acids is 1. The molecule has 116 valence electrons. The molecule has 1 saturated carbocycles. The van der Waals surface area contributed by atoms with Crippen molar-refractivity contribution in [3.8, 4) is 0 Å². The molecule has 0 saturated heterocycles. The van der Waals surface area contributed by atoms with Gasteiger partial charge < -0.3 is 15.7 Å². The predicted octanol–water partition coefficient (Wildman–Crippen LogP) is 1.77. The third kappa shape index (κ3) is 5.49. The molecule has 0 heterocycles. The molecule has 1 fully saturated rings. The highest BCUT2D eigenvalue weighted by atomic mass is 16.4. The van der Waals surface area contributed by atoms with Gasteiger partial charge in [0.1, 0.15) is 0 Å². The molecule has 1 aliphatic carbocycles. The van der Waals surface area contributed by atoms with E-state index in [2.05, 4.69) is 17.6 Å². The largest absolute Gasteiger partial charge is 0.481 e. The molecule has 0 aliphatic heterocycles. The van der Waals surface area contributed by atoms with Crippen LogP contribution < -0.4 is 10.6 Å². The van der Waals surface area contributed by atoms with Crippen LogP contribution in [0.3, 0.4) is 0 Å². The maximum atomic E-state index is 11.8. The lowest BCUT2D eigenvalue weighted by Crippen LogP contribution is -2.45. The molecule has 5 heteroatoms. The van der Waals surface area contributed by atoms with Gasteiger partial charge in [-0.1, -0.05) is 26.2 Å². The van der Waals surface area contributed by atoms with E-state index in [9.17, 15) is 14.7 Å². The standard InChI is InChI=1S/C15H28N2O3/c1-3-4-9-16-14(18)11(2)17-10-12-7-5-6-8-13(12)15(19)20/h11-13,17H,3-10H2,1-2H3,(H,16,18)(H,19,20). The number of hydrogen-bond donors (Lipinski definition) is 3. The van der Waals surface area contributed by atoms with E-state index in [1.807, 2.05) is 6.92 Å². The minimum Gasteiger partial charge on any atom is -0.481 e. The Morgan fingerprint density at radius 2 is 2.00 bits per heavy atom. The first-order chi connectivity index (χ1) is 9.56. The number of aliphatic carboxylic acids is 1. The van der Waals surface area contributed by atoms with Crippen LogP contribution in [0.25, 0.3) is 0 Å². The zero-order valence-corrected chi connectivity index (χ0v) is 12.7. The second kappa shape index (κ2) is 8.95. The van der Waals surface area contributed by atoms with E-state index < -0.39 is 5.97 Å². The molecule has 0 aromatic carbocycles. The Morgan fingerprint density at radius 3 is 2.65 bits per heavy atom. The molecule has 3 atom stereocenters. The molecule has 3 unspecified atom stereocenters. The van der Waals surface area contributed by atoms with Crippen LogP contribution in [0.5, 0.6) is 0 Å². The molecule has 0 bridgehead atoms. The summed E-state index contributed by atoms with van der Waals surface area (Å²) in [6.45, 7) is 5.24. The molecule has 1 amide bonds. The molecule has 5 nitrogen and oxygen atoms in total. The van der Waals surface area contributed by atoms with Gasteiger partial charge in [-0.25, -0.2) is 0 Å². The predicted molar refractivity (Wildman–Crippen MR) is 78.5 cm³/mol. The summed E-state index contributed by atoms with van der Waals surface area (Å²) in [5.74, 6) is -0.809. The molecule has 0 spiro atoms. The van der Waals surface area contributed by atoms with E-state index in [1.165, 1.54) is 0 Å². The van der Waals surface area contributed by atoms with Gasteiger partial charge in [-0.2, -0.15) is 0 Å². The summed E-state index contributed by atoms with van der Waals surface area (Å²) in [6.07, 6.45) is 5.84. The van der Waals surface area contributed by atoms with Gasteiger partial charge in [0, 0.05) is 6.54 Å². The topological polar surface area (TPSA) is 78.4 Å². The zero-order chi connectivity index (χ0) is 15.0. The van der Waals surface area contributed by atoms with E-state index in [1.54, 1.807) is 0 Å². The van der Waals surface area contributed by atoms with Crippen molar-refractivity contribution in [2.75, 3.05) is 13.1 Å². The highest BCUT2D eigenvalue weighted by Crippen LogP contribution is 2.29. The average Bonchev–Trinajstić information content (AvgIpc) is 2.45. The summed E-state index contributed by atoms with van der Waals surface area (Å²) < 4.78 is 0. The fraction of sp³-hybridized carbons (Fsp3) is 0.867. The Balaban J connectivity index is 2.33. The first kappa shape index (κ1) is 17.0. The van der Waals surface area contributed by atoms with Crippen molar-refractivity contribution in [1.82, 2.24) is 10.6 Å². The van der Waals surface area contributed by atoms with E-state index in [4.69, 9.17) is 0 Å². The summed E-state index contributed by atoms with van der Waals surface area (Å²) in [6, 6.07) is -0.261. The molecule has 20 heavy (non-hydrogen) atoms. The van der Waals surface area contributed by atoms with Crippen molar-refractivity contribution in [1.29, 1.82) is 0 Å². The van der Waals surface area contributed by atoms with Crippen molar-refractivity contribution in [3.63, 3.8) is 0 Å². The number of carbonyl (C=O) groups is 2. The second-order valence-corrected chi connectivity index (χ2v) is 5.76. The molecule has 0 aromatic heterocycles. The first-order valence-corrected chi connectivity index (χ1v) is 7.80. The Morgan fingerprint density at radius 1 is 1.30 bits per heavy atom. The molecular formula is C15H28N2O3. The van der Waals surface area contributed by atoms with Crippen LogP contribution in [0.2, 0.25) is 0 Å². The number of rotatable bonds is 8. The quantitative estimate of drug-likeness (QED) is 0.594. The number of nitrogens with one attached hydrogen (secondary N) is 2. The summed E-state index contributed by atoms with van der Waals surface area (Å²) in [5, 5.41) is 15.3. The van der Waals surface area contributed by atoms with E-state index in [0.717, 1.165) is 38.5 Å². The molecule has 0 aromatic rings. The fourth-order valence-electron chi connectivity index (χ4n) is 2.74. The Bertz CT molecular complexity index is 320. The monoisotopic (exact) mass is 284 g/mol. The maximum absolute atomic E-state index is 11.8. The SMILES string of the molecule is CCCCNC(=O)C(C)NCC1CCCCC1C(=O)O. The average molecular weight is 284 g/mol. The lowest BCUT2D eigenvalue weighted by molar-refractivity contribution is -0.144. The van der Waals surface area contributed by atoms with Crippen LogP contribution >= 0.6 is 0 Å². The van der Waals surface area contributed by atoms with Gasteiger partial charge in [0.15, 0.2) is 0 Å². The van der Waals surface area contributed by atoms with E-state index in [0.29, 0.717) is 13.1 Å². The minimum atomic E-state index is -0.698. The Hall–Kier alpha value is -1.10. The van der Waals surface area contributed by atoms with Gasteiger partial charge in [-0.15, -0.1) is 0 Å². The summed E-state index contributed by atoms with van der Waals surface area (Å²) in [7, 11) is 0. The highest BCUT2D eigenvalue weighted by molar-refractivity contribution is 5.81. The van der Waals surface area contributed by atoms with Crippen molar-refractivity contribution in [2.24, 2.45) is 11.8 Å². The smallest absolute Gasteiger partial charge is 0.306 e. The zero-order valence-electron chi connectivity index (χ0n) is 12.7. The van der Waals surface area contributed by atoms with Crippen molar-refractivity contribution >= 4 is 11.9 Å². The first-order valence-electron chi connectivity index (χ1n) is 7.80. The van der Waals surface area contributed by atoms with E-state index in [-0.39, 0.29) is 23.8 Å². The van der Waals surface area contributed by atoms with E-state index >= 15 is 0 Å². The number of carboxylic acid groups (broad SMARTS) is 1. The maximum Gasteiger partial charge on any atom is 0.306 e. The lowest BCUT2D eigenvalue weighted by atomic mass is 9.79. The summed E-state index contributed by atoms with van der Waals surface area (Å²) in [5.41, 5.74) is 0. The summed E-state index contributed by atoms with van der Waals surface area (Å²) in [4.78, 5) is 23.0. The van der Waals surface area contributed by atoms with Gasteiger partial charge in [0.2, 0.25) is 5.91 Å². The van der Waals surface area contributed by atoms with Crippen molar-refractivity contribution in [3.05, 3.63) is 0 Å². The number of hydrogen-bond acceptors (Lipinski definition) is 3. The molecule has 0 radical (unpaired) electrons. The van der Waals surface area contributed by atoms with Crippen LogP contribution in [-0.2, 0) is 9.59 Å². The van der Waals surface area contributed by atoms with Crippen LogP contribution in [0, 0.1) is 11.8 Å². The normalized spacial score (nSPS) is 24.1. The molecule has 1 aliphatic rings. The highest BCUT2D eigenvalue weighted by Gasteiger charge is 2.30. The van der Waals surface area contributed by atoms with Crippen molar-refractivity contribution in [2.45, 2.75) is 58.4 Å². The second-order valence-electron chi connectivity index (χ2n) is 5.76. The van der Waals surface area contributed by atoms with Gasteiger partial charge in [0.25, 0.3) is 0 Å². The van der Waals surface area contributed by atoms with Crippen LogP contribution in [0.15, 0.2) is 0 Å². The van der Waals surface area contributed by atoms with Crippen molar-refractivity contribution < 1.29 is 14.7 Å². The van der Waals surface area contributed by atoms with Gasteiger partial charge >= 0.3 is 5.97 Å². The van der Waals surface area contributed by atoms with Gasteiger partial charge in [-0.3, -0.25) is 9.59 Å². The number of amides is 1. The number of carbonyl (C=O) groups excluding carboxylic acids is 1. The minimum absolute atomic E-state index is 0.00105. The third-order valence-electron chi connectivity index (χ3n) is 4.14. The third-order valence-corrected chi connectivity index (χ3v) is 4.14. The van der Waals surface area contributed by atoms with Crippen LogP contribution in [0.4, 0.5) is 0 Å².